The van der Waals surface area contributed by atoms with Crippen LogP contribution in [0.3, 0.4) is 0 Å². The van der Waals surface area contributed by atoms with Crippen molar-refractivity contribution in [1.29, 1.82) is 0 Å². The highest BCUT2D eigenvalue weighted by atomic mass is 31.2. The van der Waals surface area contributed by atoms with Crippen molar-refractivity contribution in [1.82, 2.24) is 0 Å². The van der Waals surface area contributed by atoms with Crippen LogP contribution in [0.2, 0.25) is 0 Å². The summed E-state index contributed by atoms with van der Waals surface area (Å²) in [6.07, 6.45) is 30.1. The topological polar surface area (TPSA) is 91.3 Å². The lowest BCUT2D eigenvalue weighted by atomic mass is 10.0. The molecule has 0 amide bonds. The molecule has 0 rings (SSSR count). The molecule has 0 radical (unpaired) electrons. The third-order valence-corrected chi connectivity index (χ3v) is 9.40. The smallest absolute Gasteiger partial charge is 0.457 e. The molecule has 46 heavy (non-hydrogen) atoms. The summed E-state index contributed by atoms with van der Waals surface area (Å²) in [5, 5.41) is 0. The summed E-state index contributed by atoms with van der Waals surface area (Å²) in [7, 11) is 1.68. The van der Waals surface area contributed by atoms with Crippen molar-refractivity contribution in [3.05, 3.63) is 0 Å². The number of rotatable bonds is 36. The first-order valence-corrected chi connectivity index (χ1v) is 20.8. The zero-order chi connectivity index (χ0) is 34.2. The van der Waals surface area contributed by atoms with Crippen LogP contribution in [0.5, 0.6) is 0 Å². The summed E-state index contributed by atoms with van der Waals surface area (Å²) in [5.74, 6) is -0.320. The first-order valence-electron chi connectivity index (χ1n) is 19.3. The minimum absolute atomic E-state index is 0.0929. The van der Waals surface area contributed by atoms with Crippen LogP contribution in [0.4, 0.5) is 0 Å². The van der Waals surface area contributed by atoms with Gasteiger partial charge in [0.1, 0.15) is 19.3 Å². The molecular formula is C37H77NO7P+. The summed E-state index contributed by atoms with van der Waals surface area (Å²) in [6.45, 7) is 5.59. The fourth-order valence-corrected chi connectivity index (χ4v) is 6.12. The molecule has 0 aliphatic carbocycles. The molecule has 0 aromatic rings. The molecule has 2 unspecified atom stereocenters. The van der Waals surface area contributed by atoms with Gasteiger partial charge >= 0.3 is 13.8 Å². The zero-order valence-electron chi connectivity index (χ0n) is 31.1. The van der Waals surface area contributed by atoms with Gasteiger partial charge in [-0.1, -0.05) is 155 Å². The van der Waals surface area contributed by atoms with E-state index in [4.69, 9.17) is 18.5 Å². The molecule has 0 spiro atoms. The van der Waals surface area contributed by atoms with Gasteiger partial charge in [0.05, 0.1) is 34.4 Å². The van der Waals surface area contributed by atoms with Crippen molar-refractivity contribution in [2.75, 3.05) is 54.1 Å². The van der Waals surface area contributed by atoms with Crippen molar-refractivity contribution in [2.24, 2.45) is 0 Å². The number of unbranched alkanes of at least 4 members (excludes halogenated alkanes) is 22. The van der Waals surface area contributed by atoms with Gasteiger partial charge in [-0.05, 0) is 12.8 Å². The van der Waals surface area contributed by atoms with Gasteiger partial charge < -0.3 is 18.9 Å². The predicted molar refractivity (Wildman–Crippen MR) is 192 cm³/mol. The van der Waals surface area contributed by atoms with Crippen molar-refractivity contribution in [2.45, 2.75) is 180 Å². The number of phosphoric ester groups is 1. The van der Waals surface area contributed by atoms with Crippen LogP contribution in [0, 0.1) is 0 Å². The summed E-state index contributed by atoms with van der Waals surface area (Å²) in [5.41, 5.74) is 0. The van der Waals surface area contributed by atoms with E-state index in [0.29, 0.717) is 24.1 Å². The number of carbonyl (C=O) groups is 1. The van der Waals surface area contributed by atoms with E-state index in [9.17, 15) is 14.3 Å². The summed E-state index contributed by atoms with van der Waals surface area (Å²) < 4.78 is 34.7. The Morgan fingerprint density at radius 3 is 1.43 bits per heavy atom. The van der Waals surface area contributed by atoms with Gasteiger partial charge in [-0.2, -0.15) is 0 Å². The van der Waals surface area contributed by atoms with Gasteiger partial charge in [-0.25, -0.2) is 4.57 Å². The van der Waals surface area contributed by atoms with E-state index in [2.05, 4.69) is 13.8 Å². The molecule has 8 nitrogen and oxygen atoms in total. The summed E-state index contributed by atoms with van der Waals surface area (Å²) in [6, 6.07) is 0. The average Bonchev–Trinajstić information content (AvgIpc) is 2.99. The molecule has 0 saturated heterocycles. The number of quaternary nitrogens is 1. The molecular weight excluding hydrogens is 601 g/mol. The average molecular weight is 679 g/mol. The van der Waals surface area contributed by atoms with E-state index in [0.717, 1.165) is 32.1 Å². The number of ether oxygens (including phenoxy) is 2. The normalized spacial score (nSPS) is 14.0. The fraction of sp³-hybridized carbons (Fsp3) is 0.973. The lowest BCUT2D eigenvalue weighted by molar-refractivity contribution is -0.870. The monoisotopic (exact) mass is 679 g/mol. The standard InChI is InChI=1S/C37H76NO7P/c1-6-8-10-12-14-15-16-17-18-19-20-21-22-23-24-25-27-29-32-42-34-36(45-37(39)30-28-26-13-11-9-7-2)35-44-46(40,41)43-33-31-38(3,4)5/h36H,6-35H2,1-5H3/p+1. The second-order valence-electron chi connectivity index (χ2n) is 14.3. The largest absolute Gasteiger partial charge is 0.472 e. The van der Waals surface area contributed by atoms with Crippen molar-refractivity contribution < 1.29 is 37.3 Å². The highest BCUT2D eigenvalue weighted by Gasteiger charge is 2.26. The maximum Gasteiger partial charge on any atom is 0.472 e. The van der Waals surface area contributed by atoms with Gasteiger partial charge in [-0.15, -0.1) is 0 Å². The Kier molecular flexibility index (Phi) is 31.4. The maximum absolute atomic E-state index is 12.5. The molecule has 0 aliphatic rings. The molecule has 0 heterocycles. The van der Waals surface area contributed by atoms with Crippen LogP contribution < -0.4 is 0 Å². The number of phosphoric acid groups is 1. The number of likely N-dealkylation sites (N-methyl/N-ethyl adjacent to an activating group) is 1. The minimum Gasteiger partial charge on any atom is -0.457 e. The van der Waals surface area contributed by atoms with E-state index in [1.54, 1.807) is 0 Å². The minimum atomic E-state index is -4.25. The molecule has 0 bridgehead atoms. The summed E-state index contributed by atoms with van der Waals surface area (Å²) >= 11 is 0. The van der Waals surface area contributed by atoms with Crippen LogP contribution in [0.25, 0.3) is 0 Å². The molecule has 0 aromatic heterocycles. The fourth-order valence-electron chi connectivity index (χ4n) is 5.38. The number of esters is 1. The summed E-state index contributed by atoms with van der Waals surface area (Å²) in [4.78, 5) is 22.6. The molecule has 276 valence electrons. The van der Waals surface area contributed by atoms with E-state index >= 15 is 0 Å². The first-order chi connectivity index (χ1) is 22.1. The van der Waals surface area contributed by atoms with Crippen molar-refractivity contribution in [3.63, 3.8) is 0 Å². The number of nitrogens with zero attached hydrogens (tertiary/aromatic N) is 1. The van der Waals surface area contributed by atoms with Crippen molar-refractivity contribution in [3.8, 4) is 0 Å². The van der Waals surface area contributed by atoms with Crippen LogP contribution in [-0.4, -0.2) is 75.6 Å². The Morgan fingerprint density at radius 1 is 0.587 bits per heavy atom. The van der Waals surface area contributed by atoms with Crippen molar-refractivity contribution >= 4 is 13.8 Å². The highest BCUT2D eigenvalue weighted by Crippen LogP contribution is 2.43. The predicted octanol–water partition coefficient (Wildman–Crippen LogP) is 10.5. The maximum atomic E-state index is 12.5. The van der Waals surface area contributed by atoms with Crippen LogP contribution in [0.15, 0.2) is 0 Å². The SMILES string of the molecule is CCCCCCCCCCCCCCCCCCCCOCC(COP(=O)(O)OCC[N+](C)(C)C)OC(=O)CCCCCCCC. The van der Waals surface area contributed by atoms with Crippen LogP contribution >= 0.6 is 7.82 Å². The third kappa shape index (κ3) is 34.8. The lowest BCUT2D eigenvalue weighted by Crippen LogP contribution is -2.37. The molecule has 9 heteroatoms. The lowest BCUT2D eigenvalue weighted by Gasteiger charge is -2.24. The number of hydrogen-bond donors (Lipinski definition) is 1. The second kappa shape index (κ2) is 31.7. The third-order valence-electron chi connectivity index (χ3n) is 8.42. The van der Waals surface area contributed by atoms with Gasteiger partial charge in [0.25, 0.3) is 0 Å². The Morgan fingerprint density at radius 2 is 1.00 bits per heavy atom. The van der Waals surface area contributed by atoms with Gasteiger partial charge in [-0.3, -0.25) is 13.8 Å². The zero-order valence-corrected chi connectivity index (χ0v) is 32.0. The van der Waals surface area contributed by atoms with Gasteiger partial charge in [0.2, 0.25) is 0 Å². The Bertz CT molecular complexity index is 716. The van der Waals surface area contributed by atoms with E-state index in [-0.39, 0.29) is 25.8 Å². The number of hydrogen-bond acceptors (Lipinski definition) is 6. The van der Waals surface area contributed by atoms with E-state index in [1.807, 2.05) is 21.1 Å². The second-order valence-corrected chi connectivity index (χ2v) is 15.8. The van der Waals surface area contributed by atoms with Crippen LogP contribution in [-0.2, 0) is 27.9 Å². The van der Waals surface area contributed by atoms with E-state index < -0.39 is 13.9 Å². The van der Waals surface area contributed by atoms with Crippen LogP contribution in [0.1, 0.15) is 174 Å². The highest BCUT2D eigenvalue weighted by molar-refractivity contribution is 7.47. The molecule has 0 fully saturated rings. The van der Waals surface area contributed by atoms with E-state index in [1.165, 1.54) is 122 Å². The molecule has 0 aliphatic heterocycles. The molecule has 0 saturated carbocycles. The van der Waals surface area contributed by atoms with Gasteiger partial charge in [0.15, 0.2) is 0 Å². The molecule has 1 N–H and O–H groups in total. The Hall–Kier alpha value is -0.500. The first kappa shape index (κ1) is 45.5. The molecule has 0 aromatic carbocycles. The quantitative estimate of drug-likeness (QED) is 0.0305. The Labute approximate surface area is 285 Å². The molecule has 2 atom stereocenters. The number of carbonyl (C=O) groups excluding carboxylic acids is 1. The Balaban J connectivity index is 4.06. The van der Waals surface area contributed by atoms with Gasteiger partial charge in [0, 0.05) is 13.0 Å².